The molecule has 1 aliphatic heterocycles. The van der Waals surface area contributed by atoms with Crippen molar-refractivity contribution in [2.75, 3.05) is 10.8 Å². The lowest BCUT2D eigenvalue weighted by Crippen LogP contribution is -2.43. The fourth-order valence-corrected chi connectivity index (χ4v) is 5.57. The molecule has 0 saturated carbocycles. The Bertz CT molecular complexity index is 1230. The van der Waals surface area contributed by atoms with Gasteiger partial charge < -0.3 is 5.32 Å². The third-order valence-electron chi connectivity index (χ3n) is 5.73. The van der Waals surface area contributed by atoms with Crippen molar-refractivity contribution in [1.29, 1.82) is 0 Å². The molecule has 1 amide bonds. The smallest absolute Gasteiger partial charge is 0.265 e. The standard InChI is InChI=1S/C25H26N2O3S/c1-4-19-11-14-23-22(15-19)21-7-5-6-8-24(21)31(29,30)27(23)16-25(28)26-18(3)20-12-9-17(2)10-13-20/h5-15,18H,4,16H2,1-3H3,(H,26,28)/t18-/m1/s1. The topological polar surface area (TPSA) is 66.5 Å². The second-order valence-corrected chi connectivity index (χ2v) is 9.74. The van der Waals surface area contributed by atoms with Gasteiger partial charge in [-0.2, -0.15) is 0 Å². The van der Waals surface area contributed by atoms with Gasteiger partial charge in [-0.15, -0.1) is 0 Å². The van der Waals surface area contributed by atoms with Gasteiger partial charge in [0, 0.05) is 11.1 Å². The molecule has 6 heteroatoms. The first-order valence-electron chi connectivity index (χ1n) is 10.4. The van der Waals surface area contributed by atoms with Gasteiger partial charge in [-0.05, 0) is 49.6 Å². The number of amides is 1. The molecule has 3 aromatic carbocycles. The van der Waals surface area contributed by atoms with Crippen LogP contribution in [0.2, 0.25) is 0 Å². The lowest BCUT2D eigenvalue weighted by molar-refractivity contribution is -0.120. The Hall–Kier alpha value is -3.12. The van der Waals surface area contributed by atoms with Crippen LogP contribution >= 0.6 is 0 Å². The maximum atomic E-state index is 13.4. The van der Waals surface area contributed by atoms with Gasteiger partial charge >= 0.3 is 0 Å². The summed E-state index contributed by atoms with van der Waals surface area (Å²) in [5, 5.41) is 2.93. The zero-order chi connectivity index (χ0) is 22.2. The maximum absolute atomic E-state index is 13.4. The van der Waals surface area contributed by atoms with Crippen molar-refractivity contribution in [3.63, 3.8) is 0 Å². The highest BCUT2D eigenvalue weighted by molar-refractivity contribution is 7.93. The molecule has 1 aliphatic rings. The van der Waals surface area contributed by atoms with Crippen LogP contribution in [0.5, 0.6) is 0 Å². The number of hydrogen-bond donors (Lipinski definition) is 1. The third kappa shape index (κ3) is 3.95. The molecule has 1 N–H and O–H groups in total. The molecule has 3 aromatic rings. The number of carbonyl (C=O) groups is 1. The summed E-state index contributed by atoms with van der Waals surface area (Å²) in [4.78, 5) is 13.1. The zero-order valence-electron chi connectivity index (χ0n) is 17.9. The van der Waals surface area contributed by atoms with Crippen LogP contribution in [0.4, 0.5) is 5.69 Å². The molecule has 0 unspecified atom stereocenters. The second kappa shape index (κ2) is 8.19. The number of aryl methyl sites for hydroxylation is 2. The monoisotopic (exact) mass is 434 g/mol. The van der Waals surface area contributed by atoms with E-state index in [1.165, 1.54) is 4.31 Å². The average Bonchev–Trinajstić information content (AvgIpc) is 2.77. The molecule has 0 saturated heterocycles. The fourth-order valence-electron chi connectivity index (χ4n) is 3.92. The Morgan fingerprint density at radius 2 is 1.71 bits per heavy atom. The van der Waals surface area contributed by atoms with Crippen LogP contribution in [-0.4, -0.2) is 20.9 Å². The number of rotatable bonds is 5. The zero-order valence-corrected chi connectivity index (χ0v) is 18.7. The van der Waals surface area contributed by atoms with Crippen LogP contribution in [0.1, 0.15) is 36.6 Å². The summed E-state index contributed by atoms with van der Waals surface area (Å²) in [6, 6.07) is 20.4. The summed E-state index contributed by atoms with van der Waals surface area (Å²) in [6.45, 7) is 5.69. The molecule has 0 fully saturated rings. The molecule has 5 nitrogen and oxygen atoms in total. The summed E-state index contributed by atoms with van der Waals surface area (Å²) in [5.74, 6) is -0.346. The first-order valence-corrected chi connectivity index (χ1v) is 11.9. The average molecular weight is 435 g/mol. The van der Waals surface area contributed by atoms with E-state index in [1.807, 2.05) is 62.4 Å². The Labute approximate surface area is 183 Å². The van der Waals surface area contributed by atoms with Gasteiger partial charge in [-0.1, -0.05) is 61.0 Å². The van der Waals surface area contributed by atoms with E-state index in [2.05, 4.69) is 12.2 Å². The van der Waals surface area contributed by atoms with E-state index in [4.69, 9.17) is 0 Å². The first kappa shape index (κ1) is 21.1. The number of anilines is 1. The highest BCUT2D eigenvalue weighted by atomic mass is 32.2. The van der Waals surface area contributed by atoms with Gasteiger partial charge in [-0.3, -0.25) is 9.10 Å². The van der Waals surface area contributed by atoms with E-state index in [-0.39, 0.29) is 23.4 Å². The van der Waals surface area contributed by atoms with E-state index >= 15 is 0 Å². The van der Waals surface area contributed by atoms with E-state index < -0.39 is 10.0 Å². The maximum Gasteiger partial charge on any atom is 0.265 e. The van der Waals surface area contributed by atoms with Crippen LogP contribution in [0.15, 0.2) is 71.6 Å². The van der Waals surface area contributed by atoms with Crippen LogP contribution in [-0.2, 0) is 21.2 Å². The van der Waals surface area contributed by atoms with E-state index in [1.54, 1.807) is 18.2 Å². The van der Waals surface area contributed by atoms with Crippen LogP contribution < -0.4 is 9.62 Å². The highest BCUT2D eigenvalue weighted by Gasteiger charge is 2.36. The van der Waals surface area contributed by atoms with Gasteiger partial charge in [-0.25, -0.2) is 8.42 Å². The number of carbonyl (C=O) groups excluding carboxylic acids is 1. The van der Waals surface area contributed by atoms with Gasteiger partial charge in [0.1, 0.15) is 6.54 Å². The van der Waals surface area contributed by atoms with Gasteiger partial charge in [0.25, 0.3) is 10.0 Å². The molecule has 0 bridgehead atoms. The summed E-state index contributed by atoms with van der Waals surface area (Å²) < 4.78 is 28.0. The number of sulfonamides is 1. The summed E-state index contributed by atoms with van der Waals surface area (Å²) >= 11 is 0. The SMILES string of the molecule is CCc1ccc2c(c1)-c1ccccc1S(=O)(=O)N2CC(=O)N[C@H](C)c1ccc(C)cc1. The highest BCUT2D eigenvalue weighted by Crippen LogP contribution is 2.43. The second-order valence-electron chi connectivity index (χ2n) is 7.91. The first-order chi connectivity index (χ1) is 14.8. The lowest BCUT2D eigenvalue weighted by Gasteiger charge is -2.32. The van der Waals surface area contributed by atoms with E-state index in [0.717, 1.165) is 28.7 Å². The molecule has 31 heavy (non-hydrogen) atoms. The molecule has 4 rings (SSSR count). The summed E-state index contributed by atoms with van der Waals surface area (Å²) in [7, 11) is -3.84. The minimum atomic E-state index is -3.84. The van der Waals surface area contributed by atoms with Gasteiger partial charge in [0.2, 0.25) is 5.91 Å². The largest absolute Gasteiger partial charge is 0.348 e. The van der Waals surface area contributed by atoms with Crippen LogP contribution in [0.3, 0.4) is 0 Å². The van der Waals surface area contributed by atoms with Crippen molar-refractivity contribution in [3.8, 4) is 11.1 Å². The Morgan fingerprint density at radius 3 is 2.42 bits per heavy atom. The predicted molar refractivity (Wildman–Crippen MR) is 124 cm³/mol. The number of benzene rings is 3. The molecule has 1 atom stereocenters. The van der Waals surface area contributed by atoms with E-state index in [9.17, 15) is 13.2 Å². The molecular weight excluding hydrogens is 408 g/mol. The normalized spacial score (nSPS) is 15.0. The number of fused-ring (bicyclic) bond motifs is 3. The van der Waals surface area contributed by atoms with Crippen molar-refractivity contribution >= 4 is 21.6 Å². The Balaban J connectivity index is 1.66. The van der Waals surface area contributed by atoms with Crippen molar-refractivity contribution in [2.45, 2.75) is 38.1 Å². The molecule has 160 valence electrons. The van der Waals surface area contributed by atoms with Gasteiger partial charge in [0.05, 0.1) is 16.6 Å². The van der Waals surface area contributed by atoms with Crippen molar-refractivity contribution in [2.24, 2.45) is 0 Å². The van der Waals surface area contributed by atoms with E-state index in [0.29, 0.717) is 11.3 Å². The molecule has 0 radical (unpaired) electrons. The minimum absolute atomic E-state index is 0.227. The van der Waals surface area contributed by atoms with Crippen LogP contribution in [0, 0.1) is 6.92 Å². The number of nitrogens with zero attached hydrogens (tertiary/aromatic N) is 1. The quantitative estimate of drug-likeness (QED) is 0.638. The Morgan fingerprint density at radius 1 is 1.00 bits per heavy atom. The molecule has 0 aromatic heterocycles. The van der Waals surface area contributed by atoms with Crippen molar-refractivity contribution in [3.05, 3.63) is 83.4 Å². The minimum Gasteiger partial charge on any atom is -0.348 e. The number of nitrogens with one attached hydrogen (secondary N) is 1. The molecule has 1 heterocycles. The van der Waals surface area contributed by atoms with Crippen LogP contribution in [0.25, 0.3) is 11.1 Å². The third-order valence-corrected chi connectivity index (χ3v) is 7.54. The fraction of sp³-hybridized carbons (Fsp3) is 0.240. The summed E-state index contributed by atoms with van der Waals surface area (Å²) in [5.41, 5.74) is 5.28. The Kier molecular flexibility index (Phi) is 5.58. The van der Waals surface area contributed by atoms with Gasteiger partial charge in [0.15, 0.2) is 0 Å². The van der Waals surface area contributed by atoms with Crippen molar-refractivity contribution < 1.29 is 13.2 Å². The molecule has 0 spiro atoms. The predicted octanol–water partition coefficient (Wildman–Crippen LogP) is 4.61. The summed E-state index contributed by atoms with van der Waals surface area (Å²) in [6.07, 6.45) is 0.844. The van der Waals surface area contributed by atoms with Crippen molar-refractivity contribution in [1.82, 2.24) is 5.32 Å². The lowest BCUT2D eigenvalue weighted by atomic mass is 9.99. The number of hydrogen-bond acceptors (Lipinski definition) is 3. The molecular formula is C25H26N2O3S. The molecule has 0 aliphatic carbocycles.